The highest BCUT2D eigenvalue weighted by Gasteiger charge is 2.28. The van der Waals surface area contributed by atoms with Crippen molar-refractivity contribution in [2.45, 2.75) is 51.7 Å². The molecule has 2 rings (SSSR count). The van der Waals surface area contributed by atoms with Crippen LogP contribution in [0.1, 0.15) is 39.5 Å². The first kappa shape index (κ1) is 15.8. The molecule has 0 aromatic carbocycles. The summed E-state index contributed by atoms with van der Waals surface area (Å²) < 4.78 is 7.53. The third kappa shape index (κ3) is 4.46. The number of nitrogens with one attached hydrogen (secondary N) is 2. The Morgan fingerprint density at radius 2 is 2.29 bits per heavy atom. The van der Waals surface area contributed by atoms with E-state index in [0.717, 1.165) is 32.3 Å². The lowest BCUT2D eigenvalue weighted by Crippen LogP contribution is -2.45. The van der Waals surface area contributed by atoms with Crippen molar-refractivity contribution in [2.75, 3.05) is 11.9 Å². The van der Waals surface area contributed by atoms with Gasteiger partial charge in [-0.1, -0.05) is 26.7 Å². The molecule has 0 spiro atoms. The van der Waals surface area contributed by atoms with Crippen LogP contribution < -0.4 is 10.6 Å². The second-order valence-corrected chi connectivity index (χ2v) is 5.71. The van der Waals surface area contributed by atoms with Crippen LogP contribution >= 0.6 is 0 Å². The third-order valence-corrected chi connectivity index (χ3v) is 4.19. The highest BCUT2D eigenvalue weighted by atomic mass is 16.5. The van der Waals surface area contributed by atoms with Gasteiger partial charge in [0.2, 0.25) is 0 Å². The Morgan fingerprint density at radius 1 is 1.52 bits per heavy atom. The number of hydrogen-bond acceptors (Lipinski definition) is 3. The standard InChI is InChI=1S/C15H26N4O2/c1-4-11(5-2)14-8-12(6-7-21-14)17-15(20)18-13-9-16-19(3)10-13/h9-12,14H,4-8H2,1-3H3,(H2,17,18,20)/t12-,14+/m1/s1. The van der Waals surface area contributed by atoms with E-state index >= 15 is 0 Å². The van der Waals surface area contributed by atoms with Gasteiger partial charge in [0, 0.05) is 25.9 Å². The molecule has 2 amide bonds. The first-order valence-corrected chi connectivity index (χ1v) is 7.80. The van der Waals surface area contributed by atoms with Crippen molar-refractivity contribution < 1.29 is 9.53 Å². The smallest absolute Gasteiger partial charge is 0.319 e. The summed E-state index contributed by atoms with van der Waals surface area (Å²) >= 11 is 0. The summed E-state index contributed by atoms with van der Waals surface area (Å²) in [6.45, 7) is 5.12. The molecule has 0 aliphatic carbocycles. The Bertz CT molecular complexity index is 456. The molecule has 1 saturated heterocycles. The van der Waals surface area contributed by atoms with E-state index < -0.39 is 0 Å². The van der Waals surface area contributed by atoms with Crippen LogP contribution in [0, 0.1) is 5.92 Å². The van der Waals surface area contributed by atoms with Gasteiger partial charge in [-0.25, -0.2) is 4.79 Å². The van der Waals surface area contributed by atoms with Crippen molar-refractivity contribution in [3.8, 4) is 0 Å². The lowest BCUT2D eigenvalue weighted by Gasteiger charge is -2.34. The molecule has 1 aliphatic rings. The summed E-state index contributed by atoms with van der Waals surface area (Å²) in [5, 5.41) is 9.88. The summed E-state index contributed by atoms with van der Waals surface area (Å²) in [7, 11) is 1.82. The van der Waals surface area contributed by atoms with Crippen LogP contribution in [0.4, 0.5) is 10.5 Å². The van der Waals surface area contributed by atoms with E-state index in [1.807, 2.05) is 7.05 Å². The third-order valence-electron chi connectivity index (χ3n) is 4.19. The number of rotatable bonds is 5. The molecule has 2 N–H and O–H groups in total. The summed E-state index contributed by atoms with van der Waals surface area (Å²) in [6, 6.07) is 0.0132. The minimum atomic E-state index is -0.168. The van der Waals surface area contributed by atoms with Gasteiger partial charge >= 0.3 is 6.03 Å². The predicted octanol–water partition coefficient (Wildman–Crippen LogP) is 2.53. The molecule has 0 radical (unpaired) electrons. The minimum absolute atomic E-state index is 0.168. The number of carbonyl (C=O) groups excluding carboxylic acids is 1. The SMILES string of the molecule is CCC(CC)[C@@H]1C[C@H](NC(=O)Nc2cnn(C)c2)CCO1. The molecule has 118 valence electrons. The lowest BCUT2D eigenvalue weighted by atomic mass is 9.89. The molecule has 6 nitrogen and oxygen atoms in total. The normalized spacial score (nSPS) is 22.3. The fourth-order valence-corrected chi connectivity index (χ4v) is 2.94. The minimum Gasteiger partial charge on any atom is -0.378 e. The molecule has 1 fully saturated rings. The van der Waals surface area contributed by atoms with Crippen LogP contribution in [-0.4, -0.2) is 34.6 Å². The van der Waals surface area contributed by atoms with Crippen LogP contribution in [0.5, 0.6) is 0 Å². The van der Waals surface area contributed by atoms with Crippen molar-refractivity contribution in [2.24, 2.45) is 13.0 Å². The Hall–Kier alpha value is -1.56. The van der Waals surface area contributed by atoms with E-state index in [4.69, 9.17) is 4.74 Å². The molecule has 2 atom stereocenters. The second-order valence-electron chi connectivity index (χ2n) is 5.71. The number of amides is 2. The first-order chi connectivity index (χ1) is 10.1. The Labute approximate surface area is 126 Å². The number of aryl methyl sites for hydroxylation is 1. The summed E-state index contributed by atoms with van der Waals surface area (Å²) in [4.78, 5) is 12.0. The molecule has 1 aliphatic heterocycles. The van der Waals surface area contributed by atoms with Gasteiger partial charge in [0.25, 0.3) is 0 Å². The lowest BCUT2D eigenvalue weighted by molar-refractivity contribution is -0.0329. The number of ether oxygens (including phenoxy) is 1. The number of anilines is 1. The molecular weight excluding hydrogens is 268 g/mol. The van der Waals surface area contributed by atoms with Gasteiger partial charge in [-0.2, -0.15) is 5.10 Å². The number of hydrogen-bond donors (Lipinski definition) is 2. The monoisotopic (exact) mass is 294 g/mol. The van der Waals surface area contributed by atoms with Gasteiger partial charge < -0.3 is 15.4 Å². The summed E-state index contributed by atoms with van der Waals surface area (Å²) in [5.41, 5.74) is 0.707. The van der Waals surface area contributed by atoms with E-state index in [1.165, 1.54) is 0 Å². The van der Waals surface area contributed by atoms with Gasteiger partial charge in [0.05, 0.1) is 18.0 Å². The second kappa shape index (κ2) is 7.45. The molecule has 0 saturated carbocycles. The van der Waals surface area contributed by atoms with Crippen LogP contribution in [0.2, 0.25) is 0 Å². The van der Waals surface area contributed by atoms with E-state index in [1.54, 1.807) is 17.1 Å². The van der Waals surface area contributed by atoms with Crippen LogP contribution in [0.3, 0.4) is 0 Å². The molecule has 21 heavy (non-hydrogen) atoms. The van der Waals surface area contributed by atoms with Crippen LogP contribution in [-0.2, 0) is 11.8 Å². The van der Waals surface area contributed by atoms with Gasteiger partial charge in [-0.3, -0.25) is 4.68 Å². The van der Waals surface area contributed by atoms with Gasteiger partial charge in [0.15, 0.2) is 0 Å². The van der Waals surface area contributed by atoms with Crippen molar-refractivity contribution in [3.63, 3.8) is 0 Å². The average Bonchev–Trinajstić information content (AvgIpc) is 2.85. The zero-order valence-corrected chi connectivity index (χ0v) is 13.1. The molecule has 2 heterocycles. The van der Waals surface area contributed by atoms with Crippen molar-refractivity contribution in [3.05, 3.63) is 12.4 Å². The van der Waals surface area contributed by atoms with Gasteiger partial charge in [-0.05, 0) is 18.8 Å². The first-order valence-electron chi connectivity index (χ1n) is 7.80. The fraction of sp³-hybridized carbons (Fsp3) is 0.733. The number of aromatic nitrogens is 2. The molecule has 0 unspecified atom stereocenters. The number of nitrogens with zero attached hydrogens (tertiary/aromatic N) is 2. The Balaban J connectivity index is 1.83. The van der Waals surface area contributed by atoms with E-state index in [2.05, 4.69) is 29.6 Å². The zero-order chi connectivity index (χ0) is 15.2. The van der Waals surface area contributed by atoms with Crippen molar-refractivity contribution in [1.82, 2.24) is 15.1 Å². The highest BCUT2D eigenvalue weighted by molar-refractivity contribution is 5.89. The van der Waals surface area contributed by atoms with Crippen molar-refractivity contribution >= 4 is 11.7 Å². The van der Waals surface area contributed by atoms with E-state index in [9.17, 15) is 4.79 Å². The molecule has 1 aromatic rings. The number of urea groups is 1. The topological polar surface area (TPSA) is 68.2 Å². The molecule has 1 aromatic heterocycles. The summed E-state index contributed by atoms with van der Waals surface area (Å²) in [5.74, 6) is 0.580. The van der Waals surface area contributed by atoms with E-state index in [0.29, 0.717) is 11.6 Å². The maximum Gasteiger partial charge on any atom is 0.319 e. The maximum atomic E-state index is 12.0. The predicted molar refractivity (Wildman–Crippen MR) is 82.2 cm³/mol. The van der Waals surface area contributed by atoms with Crippen LogP contribution in [0.15, 0.2) is 12.4 Å². The van der Waals surface area contributed by atoms with Gasteiger partial charge in [-0.15, -0.1) is 0 Å². The van der Waals surface area contributed by atoms with Crippen LogP contribution in [0.25, 0.3) is 0 Å². The highest BCUT2D eigenvalue weighted by Crippen LogP contribution is 2.25. The molecule has 0 bridgehead atoms. The van der Waals surface area contributed by atoms with Crippen molar-refractivity contribution in [1.29, 1.82) is 0 Å². The average molecular weight is 294 g/mol. The number of carbonyl (C=O) groups is 1. The Morgan fingerprint density at radius 3 is 2.90 bits per heavy atom. The van der Waals surface area contributed by atoms with E-state index in [-0.39, 0.29) is 18.2 Å². The zero-order valence-electron chi connectivity index (χ0n) is 13.1. The summed E-state index contributed by atoms with van der Waals surface area (Å²) in [6.07, 6.45) is 7.68. The van der Waals surface area contributed by atoms with Gasteiger partial charge in [0.1, 0.15) is 0 Å². The molecular formula is C15H26N4O2. The Kier molecular flexibility index (Phi) is 5.61. The largest absolute Gasteiger partial charge is 0.378 e. The maximum absolute atomic E-state index is 12.0. The quantitative estimate of drug-likeness (QED) is 0.877. The fourth-order valence-electron chi connectivity index (χ4n) is 2.94. The molecule has 6 heteroatoms.